The van der Waals surface area contributed by atoms with Gasteiger partial charge in [0.25, 0.3) is 0 Å². The number of allylic oxidation sites excluding steroid dienone is 1. The number of hydrogen-bond acceptors (Lipinski definition) is 4. The molecule has 1 amide bonds. The lowest BCUT2D eigenvalue weighted by Crippen LogP contribution is -2.39. The van der Waals surface area contributed by atoms with Gasteiger partial charge in [-0.15, -0.1) is 0 Å². The van der Waals surface area contributed by atoms with E-state index in [1.54, 1.807) is 0 Å². The van der Waals surface area contributed by atoms with Gasteiger partial charge in [0.05, 0.1) is 46.5 Å². The lowest BCUT2D eigenvalue weighted by molar-refractivity contribution is -0.868. The summed E-state index contributed by atoms with van der Waals surface area (Å²) in [5.41, 5.74) is 0. The van der Waals surface area contributed by atoms with Crippen LogP contribution in [0.15, 0.2) is 12.2 Å². The van der Waals surface area contributed by atoms with Crippen molar-refractivity contribution in [3.05, 3.63) is 12.2 Å². The number of hydrogen-bond donors (Lipinski definition) is 1. The number of unbranched alkanes of at least 4 members (excludes halogenated alkanes) is 25. The van der Waals surface area contributed by atoms with E-state index in [1.807, 2.05) is 21.1 Å². The average molecular weight is 699 g/mol. The third-order valence-corrected chi connectivity index (χ3v) is 10.7. The van der Waals surface area contributed by atoms with Crippen LogP contribution in [0.2, 0.25) is 0 Å². The summed E-state index contributed by atoms with van der Waals surface area (Å²) in [7, 11) is 1.97. The molecule has 2 atom stereocenters. The van der Waals surface area contributed by atoms with Crippen molar-refractivity contribution in [1.82, 2.24) is 5.32 Å². The van der Waals surface area contributed by atoms with E-state index in [0.29, 0.717) is 23.9 Å². The van der Waals surface area contributed by atoms with Crippen LogP contribution in [0, 0.1) is 0 Å². The van der Waals surface area contributed by atoms with Crippen molar-refractivity contribution >= 4 is 13.5 Å². The van der Waals surface area contributed by atoms with Crippen LogP contribution in [0.1, 0.15) is 200 Å². The fourth-order valence-electron chi connectivity index (χ4n) is 6.12. The maximum Gasteiger partial charge on any atom is 0.220 e. The van der Waals surface area contributed by atoms with Gasteiger partial charge < -0.3 is 23.8 Å². The Kier molecular flexibility index (Phi) is 33.0. The van der Waals surface area contributed by atoms with E-state index in [4.69, 9.17) is 4.52 Å². The van der Waals surface area contributed by atoms with Crippen molar-refractivity contribution in [2.75, 3.05) is 40.5 Å². The first-order valence-corrected chi connectivity index (χ1v) is 22.5. The molecule has 48 heavy (non-hydrogen) atoms. The zero-order valence-electron chi connectivity index (χ0n) is 32.9. The molecule has 0 fully saturated rings. The predicted octanol–water partition coefficient (Wildman–Crippen LogP) is 11.7. The number of carbonyl (C=O) groups is 1. The summed E-state index contributed by atoms with van der Waals surface area (Å²) in [5, 5.41) is 3.08. The highest BCUT2D eigenvalue weighted by Crippen LogP contribution is 2.37. The summed E-state index contributed by atoms with van der Waals surface area (Å²) in [6, 6.07) is -0.325. The molecule has 286 valence electrons. The second-order valence-electron chi connectivity index (χ2n) is 15.6. The van der Waals surface area contributed by atoms with Gasteiger partial charge in [-0.05, 0) is 25.7 Å². The highest BCUT2D eigenvalue weighted by Gasteiger charge is 2.18. The summed E-state index contributed by atoms with van der Waals surface area (Å²) in [6.45, 7) is 5.05. The van der Waals surface area contributed by atoms with Crippen LogP contribution >= 0.6 is 7.60 Å². The van der Waals surface area contributed by atoms with E-state index >= 15 is 0 Å². The Labute approximate surface area is 300 Å². The van der Waals surface area contributed by atoms with Gasteiger partial charge in [0, 0.05) is 6.42 Å². The Morgan fingerprint density at radius 1 is 0.646 bits per heavy atom. The molecule has 7 heteroatoms. The zero-order valence-corrected chi connectivity index (χ0v) is 33.8. The molecule has 0 radical (unpaired) electrons. The van der Waals surface area contributed by atoms with Crippen molar-refractivity contribution in [3.8, 4) is 0 Å². The minimum Gasteiger partial charge on any atom is -0.778 e. The van der Waals surface area contributed by atoms with Crippen LogP contribution in [0.4, 0.5) is 0 Å². The number of nitrogens with one attached hydrogen (secondary N) is 1. The monoisotopic (exact) mass is 699 g/mol. The molecule has 0 rings (SSSR count). The van der Waals surface area contributed by atoms with Gasteiger partial charge in [-0.1, -0.05) is 180 Å². The molecule has 0 saturated heterocycles. The Hall–Kier alpha value is -0.680. The maximum atomic E-state index is 12.8. The normalized spacial score (nSPS) is 14.0. The molecule has 6 nitrogen and oxygen atoms in total. The number of quaternary nitrogens is 1. The Bertz CT molecular complexity index is 783. The van der Waals surface area contributed by atoms with E-state index in [9.17, 15) is 14.3 Å². The summed E-state index contributed by atoms with van der Waals surface area (Å²) in [6.07, 6.45) is 40.6. The van der Waals surface area contributed by atoms with Crippen LogP contribution in [-0.2, 0) is 13.9 Å². The molecular weight excluding hydrogens is 615 g/mol. The second kappa shape index (κ2) is 33.5. The lowest BCUT2D eigenvalue weighted by atomic mass is 10.0. The molecule has 0 aliphatic heterocycles. The number of nitrogens with zero attached hydrogens (tertiary/aromatic N) is 1. The smallest absolute Gasteiger partial charge is 0.220 e. The van der Waals surface area contributed by atoms with Crippen LogP contribution in [-0.4, -0.2) is 56.9 Å². The van der Waals surface area contributed by atoms with Gasteiger partial charge in [-0.3, -0.25) is 4.79 Å². The topological polar surface area (TPSA) is 78.5 Å². The standard InChI is InChI=1S/C41H83N2O4P/c1-6-8-10-12-14-16-18-20-22-24-26-28-30-32-34-36-41(44)42-40(39-47-48(45,46)38-37-43(3,4)5)35-33-31-29-27-25-23-21-19-17-15-13-11-9-7-2/h31,33,40H,6-30,32,34-39H2,1-5H3,(H-,42,44,45,46)/b33-31+/t40-/m1/s1. The van der Waals surface area contributed by atoms with Gasteiger partial charge in [0.2, 0.25) is 5.91 Å². The fourth-order valence-corrected chi connectivity index (χ4v) is 7.50. The van der Waals surface area contributed by atoms with E-state index < -0.39 is 7.60 Å². The third kappa shape index (κ3) is 36.6. The second-order valence-corrected chi connectivity index (χ2v) is 17.6. The molecule has 0 aromatic carbocycles. The first-order valence-electron chi connectivity index (χ1n) is 20.8. The first-order chi connectivity index (χ1) is 23.1. The number of rotatable bonds is 37. The Morgan fingerprint density at radius 3 is 1.46 bits per heavy atom. The van der Waals surface area contributed by atoms with Crippen LogP contribution < -0.4 is 10.2 Å². The fraction of sp³-hybridized carbons (Fsp3) is 0.927. The van der Waals surface area contributed by atoms with Crippen molar-refractivity contribution in [3.63, 3.8) is 0 Å². The molecule has 0 saturated carbocycles. The summed E-state index contributed by atoms with van der Waals surface area (Å²) in [4.78, 5) is 25.3. The zero-order chi connectivity index (χ0) is 35.6. The van der Waals surface area contributed by atoms with E-state index in [-0.39, 0.29) is 24.7 Å². The molecule has 0 heterocycles. The summed E-state index contributed by atoms with van der Waals surface area (Å²) < 4.78 is 18.6. The third-order valence-electron chi connectivity index (χ3n) is 9.45. The van der Waals surface area contributed by atoms with Crippen molar-refractivity contribution < 1.29 is 23.3 Å². The molecule has 0 aliphatic rings. The largest absolute Gasteiger partial charge is 0.778 e. The molecule has 1 N–H and O–H groups in total. The SMILES string of the molecule is CCCCCCCCCCCCC/C=C/C[C@H](COP(=O)([O-])CC[N+](C)(C)C)NC(=O)CCCCCCCCCCCCCCCCC. The molecule has 1 unspecified atom stereocenters. The van der Waals surface area contributed by atoms with Crippen molar-refractivity contribution in [2.45, 2.75) is 206 Å². The Morgan fingerprint density at radius 2 is 1.04 bits per heavy atom. The summed E-state index contributed by atoms with van der Waals surface area (Å²) >= 11 is 0. The molecule has 0 aromatic rings. The lowest BCUT2D eigenvalue weighted by Gasteiger charge is -2.30. The van der Waals surface area contributed by atoms with Gasteiger partial charge in [0.15, 0.2) is 0 Å². The van der Waals surface area contributed by atoms with Gasteiger partial charge in [-0.25, -0.2) is 0 Å². The highest BCUT2D eigenvalue weighted by atomic mass is 31.2. The molecular formula is C41H83N2O4P. The summed E-state index contributed by atoms with van der Waals surface area (Å²) in [5.74, 6) is 0.00384. The molecule has 0 aliphatic carbocycles. The van der Waals surface area contributed by atoms with Crippen LogP contribution in [0.25, 0.3) is 0 Å². The average Bonchev–Trinajstić information content (AvgIpc) is 3.04. The predicted molar refractivity (Wildman–Crippen MR) is 208 cm³/mol. The number of carbonyl (C=O) groups excluding carboxylic acids is 1. The number of amides is 1. The molecule has 0 spiro atoms. The Balaban J connectivity index is 4.26. The van der Waals surface area contributed by atoms with Crippen LogP contribution in [0.5, 0.6) is 0 Å². The van der Waals surface area contributed by atoms with Gasteiger partial charge in [0.1, 0.15) is 7.60 Å². The quantitative estimate of drug-likeness (QED) is 0.0303. The molecule has 0 bridgehead atoms. The maximum absolute atomic E-state index is 12.8. The first kappa shape index (κ1) is 47.3. The van der Waals surface area contributed by atoms with E-state index in [0.717, 1.165) is 19.3 Å². The van der Waals surface area contributed by atoms with Gasteiger partial charge in [-0.2, -0.15) is 0 Å². The van der Waals surface area contributed by atoms with Crippen molar-refractivity contribution in [2.24, 2.45) is 0 Å². The van der Waals surface area contributed by atoms with Gasteiger partial charge >= 0.3 is 0 Å². The minimum atomic E-state index is -3.95. The van der Waals surface area contributed by atoms with E-state index in [2.05, 4.69) is 31.3 Å². The molecule has 0 aromatic heterocycles. The highest BCUT2D eigenvalue weighted by molar-refractivity contribution is 7.51. The minimum absolute atomic E-state index is 0.00384. The van der Waals surface area contributed by atoms with Crippen LogP contribution in [0.3, 0.4) is 0 Å². The van der Waals surface area contributed by atoms with E-state index in [1.165, 1.54) is 154 Å². The van der Waals surface area contributed by atoms with Crippen molar-refractivity contribution in [1.29, 1.82) is 0 Å².